The Hall–Kier alpha value is -3.06. The molecule has 0 spiro atoms. The van der Waals surface area contributed by atoms with Gasteiger partial charge in [0.15, 0.2) is 5.16 Å². The molecular formula is C21H21N5OS. The van der Waals surface area contributed by atoms with Crippen molar-refractivity contribution in [2.75, 3.05) is 5.75 Å². The lowest BCUT2D eigenvalue weighted by Crippen LogP contribution is -2.25. The average molecular weight is 392 g/mol. The third-order valence-electron chi connectivity index (χ3n) is 4.60. The van der Waals surface area contributed by atoms with Crippen molar-refractivity contribution in [3.63, 3.8) is 0 Å². The second kappa shape index (κ2) is 7.90. The van der Waals surface area contributed by atoms with Crippen LogP contribution < -0.4 is 5.32 Å². The third kappa shape index (κ3) is 3.94. The molecule has 0 atom stereocenters. The minimum atomic E-state index is -0.0555. The van der Waals surface area contributed by atoms with E-state index in [-0.39, 0.29) is 5.91 Å². The Balaban J connectivity index is 1.36. The van der Waals surface area contributed by atoms with Gasteiger partial charge in [-0.05, 0) is 49.2 Å². The van der Waals surface area contributed by atoms with Crippen LogP contribution in [0.1, 0.15) is 17.0 Å². The van der Waals surface area contributed by atoms with E-state index in [0.29, 0.717) is 12.3 Å². The Labute approximate surface area is 167 Å². The Kier molecular flexibility index (Phi) is 5.16. The summed E-state index contributed by atoms with van der Waals surface area (Å²) in [5, 5.41) is 3.70. The van der Waals surface area contributed by atoms with E-state index in [0.717, 1.165) is 27.7 Å². The van der Waals surface area contributed by atoms with Crippen molar-refractivity contribution >= 4 is 28.7 Å². The number of fused-ring (bicyclic) bond motifs is 1. The first kappa shape index (κ1) is 18.3. The van der Waals surface area contributed by atoms with Gasteiger partial charge in [-0.15, -0.1) is 0 Å². The van der Waals surface area contributed by atoms with E-state index >= 15 is 0 Å². The second-order valence-electron chi connectivity index (χ2n) is 6.61. The first-order chi connectivity index (χ1) is 13.6. The number of rotatable bonds is 6. The van der Waals surface area contributed by atoms with Crippen LogP contribution in [0.25, 0.3) is 16.7 Å². The Morgan fingerprint density at radius 3 is 2.86 bits per heavy atom. The van der Waals surface area contributed by atoms with Crippen molar-refractivity contribution in [3.05, 3.63) is 71.8 Å². The lowest BCUT2D eigenvalue weighted by molar-refractivity contribution is -0.118. The molecule has 0 radical (unpaired) electrons. The van der Waals surface area contributed by atoms with Gasteiger partial charge in [-0.2, -0.15) is 0 Å². The minimum absolute atomic E-state index is 0.0555. The van der Waals surface area contributed by atoms with Crippen LogP contribution in [-0.4, -0.2) is 31.2 Å². The summed E-state index contributed by atoms with van der Waals surface area (Å²) in [6, 6.07) is 14.1. The number of benzene rings is 2. The smallest absolute Gasteiger partial charge is 0.230 e. The van der Waals surface area contributed by atoms with Crippen LogP contribution in [0.15, 0.2) is 60.0 Å². The van der Waals surface area contributed by atoms with Gasteiger partial charge in [0.1, 0.15) is 5.82 Å². The number of carbonyl (C=O) groups excluding carboxylic acids is 1. The molecule has 0 saturated carbocycles. The summed E-state index contributed by atoms with van der Waals surface area (Å²) < 4.78 is 2.00. The molecule has 0 bridgehead atoms. The standard InChI is InChI=1S/C21H21N5OS/c1-14-7-8-16(11-15(14)2)26-10-9-22-21(26)28-13-20(27)23-12-19-24-17-5-3-4-6-18(17)25-19/h3-11H,12-13H2,1-2H3,(H,23,27)(H,24,25). The van der Waals surface area contributed by atoms with Crippen molar-refractivity contribution < 1.29 is 4.79 Å². The predicted molar refractivity (Wildman–Crippen MR) is 112 cm³/mol. The molecule has 2 heterocycles. The number of thioether (sulfide) groups is 1. The van der Waals surface area contributed by atoms with Gasteiger partial charge in [0.2, 0.25) is 5.91 Å². The van der Waals surface area contributed by atoms with Gasteiger partial charge < -0.3 is 10.3 Å². The predicted octanol–water partition coefficient (Wildman–Crippen LogP) is 3.77. The molecule has 7 heteroatoms. The van der Waals surface area contributed by atoms with Gasteiger partial charge in [0, 0.05) is 18.1 Å². The first-order valence-corrected chi connectivity index (χ1v) is 10.0. The van der Waals surface area contributed by atoms with Crippen LogP contribution in [-0.2, 0) is 11.3 Å². The topological polar surface area (TPSA) is 75.6 Å². The summed E-state index contributed by atoms with van der Waals surface area (Å²) >= 11 is 1.42. The molecule has 4 rings (SSSR count). The highest BCUT2D eigenvalue weighted by molar-refractivity contribution is 7.99. The van der Waals surface area contributed by atoms with Gasteiger partial charge in [0.25, 0.3) is 0 Å². The van der Waals surface area contributed by atoms with Crippen molar-refractivity contribution in [1.82, 2.24) is 24.8 Å². The van der Waals surface area contributed by atoms with E-state index in [1.54, 1.807) is 6.20 Å². The molecule has 2 aromatic heterocycles. The summed E-state index contributed by atoms with van der Waals surface area (Å²) in [5.74, 6) is 0.985. The Bertz CT molecular complexity index is 1100. The molecule has 0 aliphatic carbocycles. The van der Waals surface area contributed by atoms with Crippen molar-refractivity contribution in [2.45, 2.75) is 25.5 Å². The van der Waals surface area contributed by atoms with Crippen LogP contribution in [0.5, 0.6) is 0 Å². The van der Waals surface area contributed by atoms with Crippen molar-refractivity contribution in [2.24, 2.45) is 0 Å². The molecule has 0 aliphatic heterocycles. The lowest BCUT2D eigenvalue weighted by atomic mass is 10.1. The lowest BCUT2D eigenvalue weighted by Gasteiger charge is -2.09. The number of H-pyrrole nitrogens is 1. The summed E-state index contributed by atoms with van der Waals surface area (Å²) in [6.45, 7) is 4.56. The number of imidazole rings is 2. The quantitative estimate of drug-likeness (QED) is 0.491. The average Bonchev–Trinajstić information content (AvgIpc) is 3.33. The molecule has 4 aromatic rings. The zero-order valence-electron chi connectivity index (χ0n) is 15.8. The number of para-hydroxylation sites is 2. The fraction of sp³-hybridized carbons (Fsp3) is 0.190. The van der Waals surface area contributed by atoms with Crippen molar-refractivity contribution in [1.29, 1.82) is 0 Å². The molecule has 2 N–H and O–H groups in total. The van der Waals surface area contributed by atoms with Crippen LogP contribution in [0, 0.1) is 13.8 Å². The van der Waals surface area contributed by atoms with Crippen molar-refractivity contribution in [3.8, 4) is 5.69 Å². The normalized spacial score (nSPS) is 11.1. The van der Waals surface area contributed by atoms with E-state index in [9.17, 15) is 4.79 Å². The molecular weight excluding hydrogens is 370 g/mol. The SMILES string of the molecule is Cc1ccc(-n2ccnc2SCC(=O)NCc2nc3ccccc3[nH]2)cc1C. The highest BCUT2D eigenvalue weighted by atomic mass is 32.2. The zero-order valence-corrected chi connectivity index (χ0v) is 16.6. The van der Waals surface area contributed by atoms with Crippen LogP contribution in [0.4, 0.5) is 0 Å². The fourth-order valence-corrected chi connectivity index (χ4v) is 3.72. The number of nitrogens with one attached hydrogen (secondary N) is 2. The molecule has 6 nitrogen and oxygen atoms in total. The second-order valence-corrected chi connectivity index (χ2v) is 7.56. The van der Waals surface area contributed by atoms with Gasteiger partial charge in [-0.3, -0.25) is 9.36 Å². The highest BCUT2D eigenvalue weighted by Gasteiger charge is 2.10. The van der Waals surface area contributed by atoms with E-state index in [1.165, 1.54) is 22.9 Å². The number of aromatic nitrogens is 4. The summed E-state index contributed by atoms with van der Waals surface area (Å²) in [6.07, 6.45) is 3.67. The summed E-state index contributed by atoms with van der Waals surface area (Å²) in [5.41, 5.74) is 5.40. The maximum Gasteiger partial charge on any atom is 0.230 e. The van der Waals surface area contributed by atoms with Gasteiger partial charge in [-0.1, -0.05) is 30.0 Å². The Morgan fingerprint density at radius 2 is 2.04 bits per heavy atom. The number of carbonyl (C=O) groups is 1. The summed E-state index contributed by atoms with van der Waals surface area (Å²) in [4.78, 5) is 24.3. The van der Waals surface area contributed by atoms with Crippen LogP contribution >= 0.6 is 11.8 Å². The molecule has 142 valence electrons. The number of hydrogen-bond acceptors (Lipinski definition) is 4. The van der Waals surface area contributed by atoms with E-state index in [2.05, 4.69) is 52.3 Å². The molecule has 0 aliphatic rings. The zero-order chi connectivity index (χ0) is 19.5. The number of nitrogens with zero attached hydrogens (tertiary/aromatic N) is 3. The van der Waals surface area contributed by atoms with E-state index in [1.807, 2.05) is 35.0 Å². The monoisotopic (exact) mass is 391 g/mol. The maximum atomic E-state index is 12.3. The maximum absolute atomic E-state index is 12.3. The van der Waals surface area contributed by atoms with Crippen LogP contribution in [0.2, 0.25) is 0 Å². The molecule has 0 saturated heterocycles. The van der Waals surface area contributed by atoms with Gasteiger partial charge in [-0.25, -0.2) is 9.97 Å². The van der Waals surface area contributed by atoms with Gasteiger partial charge in [0.05, 0.1) is 23.3 Å². The number of aryl methyl sites for hydroxylation is 2. The molecule has 28 heavy (non-hydrogen) atoms. The largest absolute Gasteiger partial charge is 0.348 e. The summed E-state index contributed by atoms with van der Waals surface area (Å²) in [7, 11) is 0. The van der Waals surface area contributed by atoms with E-state index < -0.39 is 0 Å². The number of hydrogen-bond donors (Lipinski definition) is 2. The minimum Gasteiger partial charge on any atom is -0.348 e. The highest BCUT2D eigenvalue weighted by Crippen LogP contribution is 2.22. The van der Waals surface area contributed by atoms with Gasteiger partial charge >= 0.3 is 0 Å². The third-order valence-corrected chi connectivity index (χ3v) is 5.57. The Morgan fingerprint density at radius 1 is 1.18 bits per heavy atom. The molecule has 2 aromatic carbocycles. The fourth-order valence-electron chi connectivity index (χ4n) is 2.92. The molecule has 0 unspecified atom stereocenters. The first-order valence-electron chi connectivity index (χ1n) is 9.04. The van der Waals surface area contributed by atoms with E-state index in [4.69, 9.17) is 0 Å². The van der Waals surface area contributed by atoms with Crippen LogP contribution in [0.3, 0.4) is 0 Å². The number of amides is 1. The molecule has 1 amide bonds. The molecule has 0 fully saturated rings. The number of aromatic amines is 1.